The van der Waals surface area contributed by atoms with E-state index in [9.17, 15) is 9.00 Å². The molecule has 1 saturated heterocycles. The molecule has 4 heterocycles. The number of hydrogen-bond acceptors (Lipinski definition) is 8. The topological polar surface area (TPSA) is 107 Å². The molecule has 1 aliphatic carbocycles. The number of Topliss-reactive ketones (excluding diaryl/α,β-unsaturated/α-hetero) is 1. The Bertz CT molecular complexity index is 1480. The summed E-state index contributed by atoms with van der Waals surface area (Å²) in [4.78, 5) is 27.5. The number of nitrogens with zero attached hydrogens (tertiary/aromatic N) is 6. The first kappa shape index (κ1) is 23.0. The average molecular weight is 506 g/mol. The number of carbonyl (C=O) groups excluding carboxylic acids is 1. The molecule has 0 amide bonds. The van der Waals surface area contributed by atoms with Crippen molar-refractivity contribution in [1.29, 1.82) is 0 Å². The first-order chi connectivity index (χ1) is 17.5. The molecule has 1 saturated carbocycles. The number of fused-ring (bicyclic) bond motifs is 1. The summed E-state index contributed by atoms with van der Waals surface area (Å²) in [5.41, 5.74) is 4.13. The van der Waals surface area contributed by atoms with Crippen molar-refractivity contribution in [1.82, 2.24) is 28.8 Å². The highest BCUT2D eigenvalue weighted by Crippen LogP contribution is 2.36. The van der Waals surface area contributed by atoms with Gasteiger partial charge in [-0.3, -0.25) is 13.6 Å². The van der Waals surface area contributed by atoms with E-state index in [4.69, 9.17) is 4.84 Å². The molecule has 3 aromatic heterocycles. The molecular weight excluding hydrogens is 478 g/mol. The quantitative estimate of drug-likeness (QED) is 0.363. The number of rotatable bonds is 8. The van der Waals surface area contributed by atoms with Crippen molar-refractivity contribution in [3.05, 3.63) is 59.7 Å². The number of aromatic nitrogens is 5. The van der Waals surface area contributed by atoms with Crippen molar-refractivity contribution >= 4 is 39.3 Å². The maximum Gasteiger partial charge on any atom is 0.229 e. The lowest BCUT2D eigenvalue weighted by molar-refractivity contribution is -0.117. The zero-order valence-corrected chi connectivity index (χ0v) is 21.0. The fourth-order valence-electron chi connectivity index (χ4n) is 4.50. The number of hydroxylamine groups is 2. The Labute approximate surface area is 210 Å². The highest BCUT2D eigenvalue weighted by Gasteiger charge is 2.32. The van der Waals surface area contributed by atoms with Crippen LogP contribution in [0.25, 0.3) is 16.7 Å². The van der Waals surface area contributed by atoms with Crippen molar-refractivity contribution in [3.8, 4) is 5.82 Å². The molecule has 11 heteroatoms. The van der Waals surface area contributed by atoms with Gasteiger partial charge in [-0.2, -0.15) is 15.1 Å². The minimum absolute atomic E-state index is 0.0745. The van der Waals surface area contributed by atoms with Gasteiger partial charge in [-0.1, -0.05) is 0 Å². The highest BCUT2D eigenvalue weighted by molar-refractivity contribution is 7.82. The molecule has 1 N–H and O–H groups in total. The lowest BCUT2D eigenvalue weighted by Crippen LogP contribution is -2.17. The van der Waals surface area contributed by atoms with Gasteiger partial charge in [0.05, 0.1) is 24.4 Å². The van der Waals surface area contributed by atoms with E-state index in [1.807, 2.05) is 36.4 Å². The molecule has 0 bridgehead atoms. The molecule has 186 valence electrons. The number of ketones is 1. The van der Waals surface area contributed by atoms with Crippen molar-refractivity contribution in [2.45, 2.75) is 32.7 Å². The fourth-order valence-corrected chi connectivity index (χ4v) is 5.19. The smallest absolute Gasteiger partial charge is 0.229 e. The van der Waals surface area contributed by atoms with E-state index in [0.29, 0.717) is 23.9 Å². The van der Waals surface area contributed by atoms with Crippen LogP contribution in [0.5, 0.6) is 0 Å². The van der Waals surface area contributed by atoms with Crippen LogP contribution < -0.4 is 5.32 Å². The second-order valence-corrected chi connectivity index (χ2v) is 10.5. The standard InChI is InChI=1S/C25H27N7O3S/c1-16-18(13-30-10-3-11-35-30)14-31(29-16)23-8-9-26-25(28-23)27-19-6-7-22-20(12-19)21(15-32(22)36(2)34)24(33)17-4-5-17/h6-9,12,14-15,17H,3-5,10-11,13H2,1-2H3,(H,26,27,28). The predicted octanol–water partition coefficient (Wildman–Crippen LogP) is 3.54. The van der Waals surface area contributed by atoms with Crippen LogP contribution in [-0.4, -0.2) is 58.2 Å². The summed E-state index contributed by atoms with van der Waals surface area (Å²) < 4.78 is 15.7. The third kappa shape index (κ3) is 4.45. The van der Waals surface area contributed by atoms with Crippen molar-refractivity contribution in [2.75, 3.05) is 24.7 Å². The number of aryl methyl sites for hydroxylation is 1. The molecule has 36 heavy (non-hydrogen) atoms. The van der Waals surface area contributed by atoms with E-state index in [0.717, 1.165) is 60.3 Å². The molecule has 1 aliphatic heterocycles. The molecular formula is C25H27N7O3S. The Kier molecular flexibility index (Phi) is 5.90. The normalized spacial score (nSPS) is 17.1. The molecule has 1 unspecified atom stereocenters. The second kappa shape index (κ2) is 9.23. The average Bonchev–Trinajstić information content (AvgIpc) is 3.27. The molecule has 1 aromatic carbocycles. The van der Waals surface area contributed by atoms with Gasteiger partial charge >= 0.3 is 0 Å². The second-order valence-electron chi connectivity index (χ2n) is 9.26. The predicted molar refractivity (Wildman–Crippen MR) is 137 cm³/mol. The SMILES string of the molecule is Cc1nn(-c2ccnc(Nc3ccc4c(c3)c(C(=O)C3CC3)cn4S(C)=O)n2)cc1CN1CCCO1. The van der Waals surface area contributed by atoms with Crippen LogP contribution in [0, 0.1) is 12.8 Å². The van der Waals surface area contributed by atoms with Crippen LogP contribution in [0.1, 0.15) is 40.9 Å². The molecule has 10 nitrogen and oxygen atoms in total. The van der Waals surface area contributed by atoms with E-state index in [1.54, 1.807) is 33.4 Å². The van der Waals surface area contributed by atoms with Gasteiger partial charge < -0.3 is 5.32 Å². The molecule has 2 aliphatic rings. The largest absolute Gasteiger partial charge is 0.324 e. The molecule has 0 spiro atoms. The number of benzene rings is 1. The van der Waals surface area contributed by atoms with Crippen LogP contribution >= 0.6 is 0 Å². The van der Waals surface area contributed by atoms with E-state index >= 15 is 0 Å². The van der Waals surface area contributed by atoms with Crippen LogP contribution in [0.15, 0.2) is 42.9 Å². The maximum absolute atomic E-state index is 12.9. The van der Waals surface area contributed by atoms with Gasteiger partial charge in [-0.15, -0.1) is 0 Å². The molecule has 6 rings (SSSR count). The van der Waals surface area contributed by atoms with Gasteiger partial charge in [0.15, 0.2) is 11.6 Å². The Morgan fingerprint density at radius 3 is 2.86 bits per heavy atom. The summed E-state index contributed by atoms with van der Waals surface area (Å²) in [6.07, 6.45) is 9.85. The zero-order valence-electron chi connectivity index (χ0n) is 20.2. The summed E-state index contributed by atoms with van der Waals surface area (Å²) >= 11 is 0. The highest BCUT2D eigenvalue weighted by atomic mass is 32.2. The van der Waals surface area contributed by atoms with Gasteiger partial charge in [0.1, 0.15) is 11.0 Å². The van der Waals surface area contributed by atoms with Crippen molar-refractivity contribution in [3.63, 3.8) is 0 Å². The summed E-state index contributed by atoms with van der Waals surface area (Å²) in [5.74, 6) is 1.25. The van der Waals surface area contributed by atoms with Crippen LogP contribution in [-0.2, 0) is 22.4 Å². The van der Waals surface area contributed by atoms with E-state index < -0.39 is 11.0 Å². The Morgan fingerprint density at radius 2 is 2.11 bits per heavy atom. The maximum atomic E-state index is 12.9. The van der Waals surface area contributed by atoms with Crippen molar-refractivity contribution < 1.29 is 13.8 Å². The summed E-state index contributed by atoms with van der Waals surface area (Å²) in [6.45, 7) is 4.35. The first-order valence-corrected chi connectivity index (χ1v) is 13.5. The van der Waals surface area contributed by atoms with E-state index in [2.05, 4.69) is 20.4 Å². The van der Waals surface area contributed by atoms with E-state index in [1.165, 1.54) is 0 Å². The van der Waals surface area contributed by atoms with E-state index in [-0.39, 0.29) is 11.7 Å². The molecule has 2 fully saturated rings. The van der Waals surface area contributed by atoms with Gasteiger partial charge in [-0.05, 0) is 44.4 Å². The lowest BCUT2D eigenvalue weighted by Gasteiger charge is -2.12. The Morgan fingerprint density at radius 1 is 1.25 bits per heavy atom. The minimum Gasteiger partial charge on any atom is -0.324 e. The number of carbonyl (C=O) groups is 1. The molecule has 0 radical (unpaired) electrons. The van der Waals surface area contributed by atoms with Crippen LogP contribution in [0.4, 0.5) is 11.6 Å². The van der Waals surface area contributed by atoms with Gasteiger partial charge in [-0.25, -0.2) is 13.9 Å². The lowest BCUT2D eigenvalue weighted by atomic mass is 10.1. The Hall–Kier alpha value is -3.41. The molecule has 1 atom stereocenters. The molecule has 4 aromatic rings. The summed E-state index contributed by atoms with van der Waals surface area (Å²) in [5, 5.41) is 10.6. The third-order valence-corrected chi connectivity index (χ3v) is 7.42. The minimum atomic E-state index is -1.26. The third-order valence-electron chi connectivity index (χ3n) is 6.57. The van der Waals surface area contributed by atoms with Crippen LogP contribution in [0.2, 0.25) is 0 Å². The Balaban J connectivity index is 1.28. The summed E-state index contributed by atoms with van der Waals surface area (Å²) in [6, 6.07) is 7.45. The number of nitrogens with one attached hydrogen (secondary N) is 1. The summed E-state index contributed by atoms with van der Waals surface area (Å²) in [7, 11) is -1.26. The van der Waals surface area contributed by atoms with Gasteiger partial charge in [0.25, 0.3) is 0 Å². The number of hydrogen-bond donors (Lipinski definition) is 1. The van der Waals surface area contributed by atoms with Crippen LogP contribution in [0.3, 0.4) is 0 Å². The van der Waals surface area contributed by atoms with Gasteiger partial charge in [0.2, 0.25) is 5.95 Å². The van der Waals surface area contributed by atoms with Gasteiger partial charge in [0, 0.05) is 65.6 Å². The van der Waals surface area contributed by atoms with Crippen molar-refractivity contribution in [2.24, 2.45) is 5.92 Å². The number of anilines is 2. The fraction of sp³-hybridized carbons (Fsp3) is 0.360. The zero-order chi connectivity index (χ0) is 24.8. The first-order valence-electron chi connectivity index (χ1n) is 12.0. The monoisotopic (exact) mass is 505 g/mol.